The summed E-state index contributed by atoms with van der Waals surface area (Å²) in [5, 5.41) is 2.19. The average molecular weight is 333 g/mol. The number of fused-ring (bicyclic) bond motifs is 3. The van der Waals surface area contributed by atoms with Crippen molar-refractivity contribution in [3.63, 3.8) is 0 Å². The smallest absolute Gasteiger partial charge is 0.0346 e. The van der Waals surface area contributed by atoms with Crippen molar-refractivity contribution in [2.75, 3.05) is 0 Å². The van der Waals surface area contributed by atoms with Crippen LogP contribution in [0.3, 0.4) is 0 Å². The van der Waals surface area contributed by atoms with E-state index in [9.17, 15) is 0 Å². The van der Waals surface area contributed by atoms with E-state index >= 15 is 0 Å². The predicted molar refractivity (Wildman–Crippen MR) is 106 cm³/mol. The van der Waals surface area contributed by atoms with Crippen molar-refractivity contribution in [2.45, 2.75) is 44.9 Å². The fourth-order valence-corrected chi connectivity index (χ4v) is 5.46. The highest BCUT2D eigenvalue weighted by atomic mass is 32.1. The number of thiophene rings is 1. The molecule has 0 spiro atoms. The van der Waals surface area contributed by atoms with Crippen molar-refractivity contribution in [2.24, 2.45) is 0 Å². The Balaban J connectivity index is 2.06. The molecule has 0 saturated carbocycles. The fourth-order valence-electron chi connectivity index (χ4n) is 4.70. The second kappa shape index (κ2) is 6.22. The van der Waals surface area contributed by atoms with Gasteiger partial charge >= 0.3 is 0 Å². The van der Waals surface area contributed by atoms with Crippen LogP contribution in [0.5, 0.6) is 0 Å². The van der Waals surface area contributed by atoms with Gasteiger partial charge in [-0.2, -0.15) is 0 Å². The maximum Gasteiger partial charge on any atom is 0.0346 e. The molecule has 1 aromatic heterocycles. The number of hydrogen-bond donors (Lipinski definition) is 0. The van der Waals surface area contributed by atoms with Crippen molar-refractivity contribution in [3.05, 3.63) is 71.1 Å². The maximum atomic E-state index is 2.37. The SMILES string of the molecule is CCCC1(CCC)c2ccccc2-c2cccc(-c3cccs3)c21. The highest BCUT2D eigenvalue weighted by molar-refractivity contribution is 7.13. The van der Waals surface area contributed by atoms with Gasteiger partial charge in [-0.25, -0.2) is 0 Å². The van der Waals surface area contributed by atoms with Gasteiger partial charge in [-0.1, -0.05) is 75.2 Å². The number of benzene rings is 2. The Morgan fingerprint density at radius 1 is 0.750 bits per heavy atom. The van der Waals surface area contributed by atoms with Crippen LogP contribution in [-0.2, 0) is 5.41 Å². The third-order valence-corrected chi connectivity index (χ3v) is 6.32. The van der Waals surface area contributed by atoms with E-state index < -0.39 is 0 Å². The van der Waals surface area contributed by atoms with Crippen molar-refractivity contribution in [1.82, 2.24) is 0 Å². The topological polar surface area (TPSA) is 0 Å². The van der Waals surface area contributed by atoms with Crippen LogP contribution in [0.15, 0.2) is 60.0 Å². The lowest BCUT2D eigenvalue weighted by molar-refractivity contribution is 0.437. The summed E-state index contributed by atoms with van der Waals surface area (Å²) in [6.45, 7) is 4.65. The van der Waals surface area contributed by atoms with Crippen molar-refractivity contribution in [3.8, 4) is 21.6 Å². The fraction of sp³-hybridized carbons (Fsp3) is 0.304. The predicted octanol–water partition coefficient (Wildman–Crippen LogP) is 7.28. The lowest BCUT2D eigenvalue weighted by Crippen LogP contribution is -2.25. The third kappa shape index (κ3) is 2.18. The zero-order valence-electron chi connectivity index (χ0n) is 14.5. The molecule has 1 aliphatic rings. The molecular weight excluding hydrogens is 308 g/mol. The summed E-state index contributed by atoms with van der Waals surface area (Å²) in [6, 6.07) is 20.4. The maximum absolute atomic E-state index is 2.37. The molecule has 0 N–H and O–H groups in total. The molecule has 0 fully saturated rings. The van der Waals surface area contributed by atoms with E-state index in [1.54, 1.807) is 11.1 Å². The lowest BCUT2D eigenvalue weighted by Gasteiger charge is -2.33. The van der Waals surface area contributed by atoms with E-state index in [1.165, 1.54) is 47.3 Å². The van der Waals surface area contributed by atoms with E-state index in [-0.39, 0.29) is 5.41 Å². The molecule has 0 saturated heterocycles. The first kappa shape index (κ1) is 15.7. The van der Waals surface area contributed by atoms with Crippen LogP contribution in [0.4, 0.5) is 0 Å². The van der Waals surface area contributed by atoms with Gasteiger partial charge in [-0.3, -0.25) is 0 Å². The molecule has 1 heteroatoms. The first-order valence-electron chi connectivity index (χ1n) is 9.09. The molecule has 0 bridgehead atoms. The van der Waals surface area contributed by atoms with Gasteiger partial charge in [0.05, 0.1) is 0 Å². The van der Waals surface area contributed by atoms with Gasteiger partial charge in [0, 0.05) is 10.3 Å². The Kier molecular flexibility index (Phi) is 4.05. The zero-order chi connectivity index (χ0) is 16.6. The average Bonchev–Trinajstić information content (AvgIpc) is 3.23. The quantitative estimate of drug-likeness (QED) is 0.460. The Morgan fingerprint density at radius 2 is 1.46 bits per heavy atom. The monoisotopic (exact) mass is 332 g/mol. The minimum absolute atomic E-state index is 0.177. The molecule has 0 radical (unpaired) electrons. The summed E-state index contributed by atoms with van der Waals surface area (Å²) >= 11 is 1.86. The summed E-state index contributed by atoms with van der Waals surface area (Å²) in [7, 11) is 0. The molecule has 24 heavy (non-hydrogen) atoms. The molecule has 0 aliphatic heterocycles. The van der Waals surface area contributed by atoms with Gasteiger partial charge in [0.25, 0.3) is 0 Å². The molecule has 0 unspecified atom stereocenters. The van der Waals surface area contributed by atoms with Crippen molar-refractivity contribution >= 4 is 11.3 Å². The van der Waals surface area contributed by atoms with Crippen molar-refractivity contribution < 1.29 is 0 Å². The summed E-state index contributed by atoms with van der Waals surface area (Å²) in [6.07, 6.45) is 4.89. The Hall–Kier alpha value is -1.86. The second-order valence-electron chi connectivity index (χ2n) is 6.83. The highest BCUT2D eigenvalue weighted by Crippen LogP contribution is 2.56. The molecule has 4 rings (SSSR count). The van der Waals surface area contributed by atoms with E-state index in [2.05, 4.69) is 73.8 Å². The Bertz CT molecular complexity index is 836. The summed E-state index contributed by atoms with van der Waals surface area (Å²) in [5.41, 5.74) is 7.66. The van der Waals surface area contributed by atoms with Gasteiger partial charge in [-0.15, -0.1) is 11.3 Å². The Morgan fingerprint density at radius 3 is 2.17 bits per heavy atom. The largest absolute Gasteiger partial charge is 0.144 e. The first-order chi connectivity index (χ1) is 11.8. The van der Waals surface area contributed by atoms with Gasteiger partial charge < -0.3 is 0 Å². The molecule has 0 amide bonds. The van der Waals surface area contributed by atoms with E-state index in [0.29, 0.717) is 0 Å². The van der Waals surface area contributed by atoms with Crippen molar-refractivity contribution in [1.29, 1.82) is 0 Å². The van der Waals surface area contributed by atoms with E-state index in [1.807, 2.05) is 11.3 Å². The second-order valence-corrected chi connectivity index (χ2v) is 7.78. The molecule has 2 aromatic carbocycles. The standard InChI is InChI=1S/C23H24S/c1-3-14-23(15-4-2)20-12-6-5-9-17(20)18-10-7-11-19(22(18)23)21-13-8-16-24-21/h5-13,16H,3-4,14-15H2,1-2H3. The summed E-state index contributed by atoms with van der Waals surface area (Å²) in [5.74, 6) is 0. The molecule has 1 aliphatic carbocycles. The number of hydrogen-bond acceptors (Lipinski definition) is 1. The van der Waals surface area contributed by atoms with Gasteiger partial charge in [0.15, 0.2) is 0 Å². The third-order valence-electron chi connectivity index (χ3n) is 5.42. The van der Waals surface area contributed by atoms with Gasteiger partial charge in [-0.05, 0) is 52.1 Å². The highest BCUT2D eigenvalue weighted by Gasteiger charge is 2.43. The van der Waals surface area contributed by atoms with Crippen LogP contribution in [-0.4, -0.2) is 0 Å². The molecule has 0 nitrogen and oxygen atoms in total. The van der Waals surface area contributed by atoms with Crippen LogP contribution in [0.25, 0.3) is 21.6 Å². The first-order valence-corrected chi connectivity index (χ1v) is 9.97. The molecular formula is C23H24S. The molecule has 3 aromatic rings. The lowest BCUT2D eigenvalue weighted by atomic mass is 9.70. The van der Waals surface area contributed by atoms with Crippen LogP contribution in [0.1, 0.15) is 50.7 Å². The summed E-state index contributed by atoms with van der Waals surface area (Å²) in [4.78, 5) is 1.40. The van der Waals surface area contributed by atoms with Gasteiger partial charge in [0.1, 0.15) is 0 Å². The number of rotatable bonds is 5. The van der Waals surface area contributed by atoms with Gasteiger partial charge in [0.2, 0.25) is 0 Å². The van der Waals surface area contributed by atoms with Crippen LogP contribution < -0.4 is 0 Å². The minimum atomic E-state index is 0.177. The zero-order valence-corrected chi connectivity index (χ0v) is 15.3. The van der Waals surface area contributed by atoms with Crippen LogP contribution in [0, 0.1) is 0 Å². The molecule has 122 valence electrons. The van der Waals surface area contributed by atoms with Crippen LogP contribution in [0.2, 0.25) is 0 Å². The summed E-state index contributed by atoms with van der Waals surface area (Å²) < 4.78 is 0. The minimum Gasteiger partial charge on any atom is -0.144 e. The Labute approximate surface area is 149 Å². The van der Waals surface area contributed by atoms with Crippen LogP contribution >= 0.6 is 11.3 Å². The molecule has 0 atom stereocenters. The molecule has 1 heterocycles. The normalized spacial score (nSPS) is 14.4. The van der Waals surface area contributed by atoms with E-state index in [4.69, 9.17) is 0 Å². The van der Waals surface area contributed by atoms with E-state index in [0.717, 1.165) is 0 Å².